The van der Waals surface area contributed by atoms with Gasteiger partial charge in [0, 0.05) is 31.7 Å². The smallest absolute Gasteiger partial charge is 0.191 e. The molecule has 7 nitrogen and oxygen atoms in total. The van der Waals surface area contributed by atoms with Crippen LogP contribution >= 0.6 is 24.0 Å². The number of aliphatic imine (C=N–C) groups is 1. The molecular formula is C17H24IN7. The van der Waals surface area contributed by atoms with Gasteiger partial charge in [0.25, 0.3) is 0 Å². The minimum Gasteiger partial charge on any atom is -0.357 e. The third kappa shape index (κ3) is 4.71. The number of imidazole rings is 1. The zero-order valence-corrected chi connectivity index (χ0v) is 17.1. The molecule has 0 unspecified atom stereocenters. The van der Waals surface area contributed by atoms with Crippen LogP contribution in [0.4, 0.5) is 0 Å². The van der Waals surface area contributed by atoms with Gasteiger partial charge in [0.15, 0.2) is 5.96 Å². The molecule has 0 amide bonds. The summed E-state index contributed by atoms with van der Waals surface area (Å²) < 4.78 is 3.93. The summed E-state index contributed by atoms with van der Waals surface area (Å²) >= 11 is 0. The summed E-state index contributed by atoms with van der Waals surface area (Å²) in [4.78, 5) is 9.24. The molecule has 0 aromatic carbocycles. The van der Waals surface area contributed by atoms with Gasteiger partial charge in [0.1, 0.15) is 5.65 Å². The van der Waals surface area contributed by atoms with Crippen molar-refractivity contribution in [3.63, 3.8) is 0 Å². The van der Waals surface area contributed by atoms with E-state index in [9.17, 15) is 0 Å². The first-order valence-electron chi connectivity index (χ1n) is 8.10. The van der Waals surface area contributed by atoms with Gasteiger partial charge >= 0.3 is 0 Å². The van der Waals surface area contributed by atoms with Gasteiger partial charge in [0.2, 0.25) is 0 Å². The second-order valence-corrected chi connectivity index (χ2v) is 5.62. The molecule has 134 valence electrons. The van der Waals surface area contributed by atoms with Crippen molar-refractivity contribution in [3.05, 3.63) is 53.7 Å². The number of aromatic nitrogens is 4. The van der Waals surface area contributed by atoms with Crippen LogP contribution in [0.1, 0.15) is 24.0 Å². The van der Waals surface area contributed by atoms with Crippen LogP contribution in [-0.2, 0) is 20.1 Å². The second-order valence-electron chi connectivity index (χ2n) is 5.62. The van der Waals surface area contributed by atoms with E-state index < -0.39 is 0 Å². The molecule has 0 saturated carbocycles. The van der Waals surface area contributed by atoms with Gasteiger partial charge in [-0.25, -0.2) is 9.98 Å². The summed E-state index contributed by atoms with van der Waals surface area (Å²) in [6.45, 7) is 6.13. The Bertz CT molecular complexity index is 850. The second kappa shape index (κ2) is 8.84. The molecular weight excluding hydrogens is 429 g/mol. The van der Waals surface area contributed by atoms with Gasteiger partial charge < -0.3 is 15.0 Å². The Kier molecular flexibility index (Phi) is 6.80. The normalized spacial score (nSPS) is 11.4. The molecule has 0 aliphatic heterocycles. The molecule has 0 aliphatic rings. The predicted octanol–water partition coefficient (Wildman–Crippen LogP) is 2.25. The van der Waals surface area contributed by atoms with Crippen molar-refractivity contribution < 1.29 is 0 Å². The molecule has 0 fully saturated rings. The summed E-state index contributed by atoms with van der Waals surface area (Å²) in [6, 6.07) is 8.08. The minimum atomic E-state index is 0. The van der Waals surface area contributed by atoms with Gasteiger partial charge in [-0.1, -0.05) is 6.07 Å². The summed E-state index contributed by atoms with van der Waals surface area (Å²) in [6.07, 6.45) is 3.83. The Morgan fingerprint density at radius 2 is 2.08 bits per heavy atom. The maximum Gasteiger partial charge on any atom is 0.191 e. The molecule has 25 heavy (non-hydrogen) atoms. The number of halogens is 1. The number of aryl methyl sites for hydroxylation is 2. The number of fused-ring (bicyclic) bond motifs is 1. The minimum absolute atomic E-state index is 0. The predicted molar refractivity (Wildman–Crippen MR) is 110 cm³/mol. The Morgan fingerprint density at radius 3 is 2.76 bits per heavy atom. The zero-order chi connectivity index (χ0) is 16.9. The van der Waals surface area contributed by atoms with E-state index in [-0.39, 0.29) is 24.0 Å². The quantitative estimate of drug-likeness (QED) is 0.353. The first-order chi connectivity index (χ1) is 11.7. The fraction of sp³-hybridized carbons (Fsp3) is 0.353. The number of nitrogens with one attached hydrogen (secondary N) is 2. The van der Waals surface area contributed by atoms with E-state index in [2.05, 4.69) is 50.0 Å². The Hall–Kier alpha value is -2.10. The third-order valence-electron chi connectivity index (χ3n) is 3.85. The SMILES string of the molecule is CCNC(=NCc1cn2c(C)cccc2n1)NCc1ccnn1C.I. The van der Waals surface area contributed by atoms with E-state index in [1.54, 1.807) is 6.20 Å². The van der Waals surface area contributed by atoms with Crippen LogP contribution in [0.15, 0.2) is 41.7 Å². The summed E-state index contributed by atoms with van der Waals surface area (Å²) in [5, 5.41) is 10.7. The monoisotopic (exact) mass is 453 g/mol. The molecule has 8 heteroatoms. The maximum absolute atomic E-state index is 4.63. The highest BCUT2D eigenvalue weighted by atomic mass is 127. The van der Waals surface area contributed by atoms with Gasteiger partial charge in [-0.05, 0) is 32.0 Å². The molecule has 0 bridgehead atoms. The van der Waals surface area contributed by atoms with Crippen molar-refractivity contribution in [1.82, 2.24) is 29.8 Å². The van der Waals surface area contributed by atoms with Crippen LogP contribution in [0, 0.1) is 6.92 Å². The molecule has 0 spiro atoms. The number of nitrogens with zero attached hydrogens (tertiary/aromatic N) is 5. The topological polar surface area (TPSA) is 71.5 Å². The van der Waals surface area contributed by atoms with Crippen molar-refractivity contribution in [1.29, 1.82) is 0 Å². The van der Waals surface area contributed by atoms with Crippen molar-refractivity contribution in [2.75, 3.05) is 6.54 Å². The maximum atomic E-state index is 4.63. The van der Waals surface area contributed by atoms with Crippen LogP contribution < -0.4 is 10.6 Å². The Labute approximate surface area is 164 Å². The number of pyridine rings is 1. The fourth-order valence-electron chi connectivity index (χ4n) is 2.53. The van der Waals surface area contributed by atoms with E-state index in [0.29, 0.717) is 13.1 Å². The number of hydrogen-bond acceptors (Lipinski definition) is 3. The lowest BCUT2D eigenvalue weighted by atomic mass is 10.4. The average Bonchev–Trinajstić information content (AvgIpc) is 3.17. The van der Waals surface area contributed by atoms with Gasteiger partial charge in [0.05, 0.1) is 24.5 Å². The molecule has 0 radical (unpaired) electrons. The van der Waals surface area contributed by atoms with Gasteiger partial charge in [-0.3, -0.25) is 4.68 Å². The molecule has 0 saturated heterocycles. The van der Waals surface area contributed by atoms with Crippen LogP contribution in [-0.4, -0.2) is 31.7 Å². The van der Waals surface area contributed by atoms with E-state index >= 15 is 0 Å². The van der Waals surface area contributed by atoms with Crippen LogP contribution in [0.2, 0.25) is 0 Å². The average molecular weight is 453 g/mol. The van der Waals surface area contributed by atoms with Gasteiger partial charge in [-0.15, -0.1) is 24.0 Å². The van der Waals surface area contributed by atoms with Crippen LogP contribution in [0.25, 0.3) is 5.65 Å². The number of guanidine groups is 1. The number of hydrogen-bond donors (Lipinski definition) is 2. The zero-order valence-electron chi connectivity index (χ0n) is 14.7. The summed E-state index contributed by atoms with van der Waals surface area (Å²) in [5.74, 6) is 0.771. The first kappa shape index (κ1) is 19.2. The molecule has 0 atom stereocenters. The van der Waals surface area contributed by atoms with Crippen molar-refractivity contribution in [3.8, 4) is 0 Å². The van der Waals surface area contributed by atoms with E-state index in [1.165, 1.54) is 0 Å². The summed E-state index contributed by atoms with van der Waals surface area (Å²) in [5.41, 5.74) is 4.16. The highest BCUT2D eigenvalue weighted by Crippen LogP contribution is 2.09. The summed E-state index contributed by atoms with van der Waals surface area (Å²) in [7, 11) is 1.93. The molecule has 2 N–H and O–H groups in total. The molecule has 3 aromatic heterocycles. The Morgan fingerprint density at radius 1 is 1.24 bits per heavy atom. The van der Waals surface area contributed by atoms with Crippen molar-refractivity contribution in [2.45, 2.75) is 26.9 Å². The first-order valence-corrected chi connectivity index (χ1v) is 8.10. The van der Waals surface area contributed by atoms with Crippen molar-refractivity contribution >= 4 is 35.6 Å². The number of rotatable bonds is 5. The largest absolute Gasteiger partial charge is 0.357 e. The Balaban J connectivity index is 0.00000225. The molecule has 3 rings (SSSR count). The lowest BCUT2D eigenvalue weighted by Gasteiger charge is -2.11. The van der Waals surface area contributed by atoms with E-state index in [0.717, 1.165) is 35.2 Å². The van der Waals surface area contributed by atoms with Crippen LogP contribution in [0.3, 0.4) is 0 Å². The molecule has 3 aromatic rings. The highest BCUT2D eigenvalue weighted by molar-refractivity contribution is 14.0. The standard InChI is InChI=1S/C17H23N7.HI/c1-4-18-17(20-11-15-8-9-21-23(15)3)19-10-14-12-24-13(2)6-5-7-16(24)22-14;/h5-9,12H,4,10-11H2,1-3H3,(H2,18,19,20);1H. The lowest BCUT2D eigenvalue weighted by Crippen LogP contribution is -2.37. The fourth-order valence-corrected chi connectivity index (χ4v) is 2.53. The lowest BCUT2D eigenvalue weighted by molar-refractivity contribution is 0.684. The van der Waals surface area contributed by atoms with E-state index in [4.69, 9.17) is 0 Å². The third-order valence-corrected chi connectivity index (χ3v) is 3.85. The molecule has 0 aliphatic carbocycles. The van der Waals surface area contributed by atoms with Crippen LogP contribution in [0.5, 0.6) is 0 Å². The van der Waals surface area contributed by atoms with E-state index in [1.807, 2.05) is 36.1 Å². The molecule has 3 heterocycles. The highest BCUT2D eigenvalue weighted by Gasteiger charge is 2.04. The van der Waals surface area contributed by atoms with Crippen molar-refractivity contribution in [2.24, 2.45) is 12.0 Å². The van der Waals surface area contributed by atoms with Gasteiger partial charge in [-0.2, -0.15) is 5.10 Å².